The van der Waals surface area contributed by atoms with Gasteiger partial charge in [-0.05, 0) is 49.9 Å². The van der Waals surface area contributed by atoms with E-state index in [4.69, 9.17) is 5.73 Å². The number of hydrogen-bond acceptors (Lipinski definition) is 2. The van der Waals surface area contributed by atoms with Gasteiger partial charge in [-0.15, -0.1) is 0 Å². The van der Waals surface area contributed by atoms with Crippen LogP contribution in [0.3, 0.4) is 0 Å². The zero-order valence-electron chi connectivity index (χ0n) is 12.5. The molecule has 3 heteroatoms. The minimum absolute atomic E-state index is 0.221. The number of amides is 1. The van der Waals surface area contributed by atoms with Gasteiger partial charge in [0, 0.05) is 12.6 Å². The van der Waals surface area contributed by atoms with Crippen molar-refractivity contribution in [1.29, 1.82) is 0 Å². The van der Waals surface area contributed by atoms with Crippen molar-refractivity contribution < 1.29 is 4.79 Å². The van der Waals surface area contributed by atoms with Crippen LogP contribution in [0.2, 0.25) is 0 Å². The smallest absolute Gasteiger partial charge is 0.224 e. The van der Waals surface area contributed by atoms with Gasteiger partial charge < -0.3 is 11.1 Å². The Morgan fingerprint density at radius 2 is 2.00 bits per heavy atom. The third-order valence-electron chi connectivity index (χ3n) is 5.68. The third-order valence-corrected chi connectivity index (χ3v) is 5.68. The summed E-state index contributed by atoms with van der Waals surface area (Å²) in [7, 11) is 0. The SMILES string of the molecule is CC(C)(CNC1C(C)(C)[C@H]2CC[C@]1(C)C2)C(N)=O. The molecule has 0 radical (unpaired) electrons. The molecule has 0 saturated heterocycles. The number of carbonyl (C=O) groups is 1. The molecule has 104 valence electrons. The Kier molecular flexibility index (Phi) is 3.05. The molecule has 18 heavy (non-hydrogen) atoms. The van der Waals surface area contributed by atoms with E-state index in [9.17, 15) is 4.79 Å². The molecule has 1 unspecified atom stereocenters. The van der Waals surface area contributed by atoms with E-state index in [2.05, 4.69) is 26.1 Å². The van der Waals surface area contributed by atoms with Gasteiger partial charge in [0.2, 0.25) is 5.91 Å². The molecule has 2 fully saturated rings. The Balaban J connectivity index is 2.08. The van der Waals surface area contributed by atoms with Gasteiger partial charge in [0.25, 0.3) is 0 Å². The first kappa shape index (κ1) is 13.9. The lowest BCUT2D eigenvalue weighted by Gasteiger charge is -2.44. The highest BCUT2D eigenvalue weighted by Crippen LogP contribution is 2.62. The molecule has 0 aromatic heterocycles. The molecule has 0 spiro atoms. The molecule has 2 saturated carbocycles. The first-order valence-corrected chi connectivity index (χ1v) is 7.13. The van der Waals surface area contributed by atoms with Gasteiger partial charge in [0.1, 0.15) is 0 Å². The highest BCUT2D eigenvalue weighted by Gasteiger charge is 2.59. The van der Waals surface area contributed by atoms with Crippen LogP contribution in [0.4, 0.5) is 0 Å². The molecule has 2 aliphatic rings. The quantitative estimate of drug-likeness (QED) is 0.806. The maximum absolute atomic E-state index is 11.4. The van der Waals surface area contributed by atoms with Gasteiger partial charge in [0.15, 0.2) is 0 Å². The summed E-state index contributed by atoms with van der Waals surface area (Å²) in [4.78, 5) is 11.4. The largest absolute Gasteiger partial charge is 0.369 e. The summed E-state index contributed by atoms with van der Waals surface area (Å²) < 4.78 is 0. The second-order valence-corrected chi connectivity index (χ2v) is 7.98. The van der Waals surface area contributed by atoms with E-state index in [-0.39, 0.29) is 5.91 Å². The number of hydrogen-bond donors (Lipinski definition) is 2. The van der Waals surface area contributed by atoms with Crippen LogP contribution in [0.15, 0.2) is 0 Å². The molecular weight excluding hydrogens is 224 g/mol. The number of carbonyl (C=O) groups excluding carboxylic acids is 1. The summed E-state index contributed by atoms with van der Waals surface area (Å²) in [6.07, 6.45) is 4.01. The molecular formula is C15H28N2O. The number of primary amides is 1. The van der Waals surface area contributed by atoms with Crippen molar-refractivity contribution in [2.75, 3.05) is 6.54 Å². The van der Waals surface area contributed by atoms with E-state index >= 15 is 0 Å². The first-order chi connectivity index (χ1) is 8.09. The second kappa shape index (κ2) is 3.96. The highest BCUT2D eigenvalue weighted by atomic mass is 16.1. The van der Waals surface area contributed by atoms with E-state index in [0.717, 1.165) is 5.92 Å². The van der Waals surface area contributed by atoms with Crippen molar-refractivity contribution in [1.82, 2.24) is 5.32 Å². The number of nitrogens with two attached hydrogens (primary N) is 1. The molecule has 0 aliphatic heterocycles. The Morgan fingerprint density at radius 3 is 2.44 bits per heavy atom. The van der Waals surface area contributed by atoms with Gasteiger partial charge in [-0.2, -0.15) is 0 Å². The topological polar surface area (TPSA) is 55.1 Å². The monoisotopic (exact) mass is 252 g/mol. The predicted molar refractivity (Wildman–Crippen MR) is 74.0 cm³/mol. The lowest BCUT2D eigenvalue weighted by atomic mass is 9.68. The van der Waals surface area contributed by atoms with Crippen molar-refractivity contribution in [2.24, 2.45) is 27.9 Å². The fourth-order valence-electron chi connectivity index (χ4n) is 4.26. The maximum Gasteiger partial charge on any atom is 0.224 e. The number of fused-ring (bicyclic) bond motifs is 2. The van der Waals surface area contributed by atoms with Gasteiger partial charge in [0.05, 0.1) is 5.41 Å². The molecule has 0 aromatic carbocycles. The van der Waals surface area contributed by atoms with Crippen molar-refractivity contribution >= 4 is 5.91 Å². The third kappa shape index (κ3) is 1.97. The molecule has 2 bridgehead atoms. The van der Waals surface area contributed by atoms with Crippen LogP contribution in [-0.2, 0) is 4.79 Å². The zero-order chi connectivity index (χ0) is 13.8. The molecule has 0 heterocycles. The number of rotatable bonds is 4. The van der Waals surface area contributed by atoms with Gasteiger partial charge >= 0.3 is 0 Å². The van der Waals surface area contributed by atoms with Crippen LogP contribution in [0.1, 0.15) is 53.9 Å². The summed E-state index contributed by atoms with van der Waals surface area (Å²) in [5.41, 5.74) is 5.73. The molecule has 3 nitrogen and oxygen atoms in total. The standard InChI is InChI=1S/C15H28N2O/c1-13(2,12(16)18)9-17-11-14(3,4)10-6-7-15(11,5)8-10/h10-11,17H,6-9H2,1-5H3,(H2,16,18)/t10-,11?,15+/m0/s1. The van der Waals surface area contributed by atoms with Crippen molar-refractivity contribution in [3.05, 3.63) is 0 Å². The van der Waals surface area contributed by atoms with Crippen LogP contribution in [0.5, 0.6) is 0 Å². The Morgan fingerprint density at radius 1 is 1.39 bits per heavy atom. The van der Waals surface area contributed by atoms with Gasteiger partial charge in [-0.3, -0.25) is 4.79 Å². The summed E-state index contributed by atoms with van der Waals surface area (Å²) in [5.74, 6) is 0.609. The normalized spacial score (nSPS) is 38.1. The lowest BCUT2D eigenvalue weighted by molar-refractivity contribution is -0.126. The van der Waals surface area contributed by atoms with Gasteiger partial charge in [-0.1, -0.05) is 20.8 Å². The molecule has 3 N–H and O–H groups in total. The fourth-order valence-corrected chi connectivity index (χ4v) is 4.26. The van der Waals surface area contributed by atoms with Gasteiger partial charge in [-0.25, -0.2) is 0 Å². The summed E-state index contributed by atoms with van der Waals surface area (Å²) >= 11 is 0. The molecule has 2 rings (SSSR count). The van der Waals surface area contributed by atoms with E-state index in [1.807, 2.05) is 13.8 Å². The Hall–Kier alpha value is -0.570. The van der Waals surface area contributed by atoms with Crippen molar-refractivity contribution in [3.63, 3.8) is 0 Å². The lowest BCUT2D eigenvalue weighted by Crippen LogP contribution is -2.54. The van der Waals surface area contributed by atoms with Crippen LogP contribution in [0.25, 0.3) is 0 Å². The predicted octanol–water partition coefficient (Wildman–Crippen LogP) is 2.30. The minimum Gasteiger partial charge on any atom is -0.369 e. The van der Waals surface area contributed by atoms with E-state index < -0.39 is 5.41 Å². The first-order valence-electron chi connectivity index (χ1n) is 7.13. The summed E-state index contributed by atoms with van der Waals surface area (Å²) in [6, 6.07) is 0.502. The van der Waals surface area contributed by atoms with Crippen LogP contribution in [0, 0.1) is 22.2 Å². The zero-order valence-corrected chi connectivity index (χ0v) is 12.5. The number of nitrogens with one attached hydrogen (secondary N) is 1. The highest BCUT2D eigenvalue weighted by molar-refractivity contribution is 5.80. The summed E-state index contributed by atoms with van der Waals surface area (Å²) in [6.45, 7) is 11.7. The van der Waals surface area contributed by atoms with Crippen LogP contribution < -0.4 is 11.1 Å². The van der Waals surface area contributed by atoms with E-state index in [0.29, 0.717) is 23.4 Å². The maximum atomic E-state index is 11.4. The molecule has 0 aromatic rings. The average Bonchev–Trinajstić information content (AvgIpc) is 2.68. The van der Waals surface area contributed by atoms with Crippen LogP contribution >= 0.6 is 0 Å². The Labute approximate surface area is 111 Å². The average molecular weight is 252 g/mol. The van der Waals surface area contributed by atoms with E-state index in [1.165, 1.54) is 19.3 Å². The van der Waals surface area contributed by atoms with Crippen LogP contribution in [-0.4, -0.2) is 18.5 Å². The molecule has 2 aliphatic carbocycles. The second-order valence-electron chi connectivity index (χ2n) is 7.98. The molecule has 3 atom stereocenters. The fraction of sp³-hybridized carbons (Fsp3) is 0.933. The van der Waals surface area contributed by atoms with E-state index in [1.54, 1.807) is 0 Å². The van der Waals surface area contributed by atoms with Crippen molar-refractivity contribution in [3.8, 4) is 0 Å². The van der Waals surface area contributed by atoms with Crippen molar-refractivity contribution in [2.45, 2.75) is 59.9 Å². The minimum atomic E-state index is -0.464. The Bertz CT molecular complexity index is 357. The molecule has 1 amide bonds. The summed E-state index contributed by atoms with van der Waals surface area (Å²) in [5, 5.41) is 3.66.